The van der Waals surface area contributed by atoms with Gasteiger partial charge in [-0.25, -0.2) is 4.57 Å². The van der Waals surface area contributed by atoms with Crippen LogP contribution in [0, 0.1) is 0 Å². The van der Waals surface area contributed by atoms with Crippen molar-refractivity contribution in [3.05, 3.63) is 109 Å². The molecule has 36 heavy (non-hydrogen) atoms. The predicted octanol–water partition coefficient (Wildman–Crippen LogP) is 8.36. The SMILES string of the molecule is C[Si](C)(C)CCC[n+]1ccc(-c2ccc(-c3cc(-c4ccc(-c5ccccc5)cc4)on3)cc2)cc1. The van der Waals surface area contributed by atoms with E-state index in [1.54, 1.807) is 0 Å². The Bertz CT molecular complexity index is 1400. The van der Waals surface area contributed by atoms with Gasteiger partial charge >= 0.3 is 0 Å². The second-order valence-electron chi connectivity index (χ2n) is 10.6. The molecule has 5 rings (SSSR count). The number of rotatable bonds is 8. The Morgan fingerprint density at radius 3 is 1.78 bits per heavy atom. The molecule has 2 aromatic heterocycles. The normalized spacial score (nSPS) is 11.5. The van der Waals surface area contributed by atoms with Crippen LogP contribution in [0.1, 0.15) is 6.42 Å². The Morgan fingerprint density at radius 2 is 1.17 bits per heavy atom. The van der Waals surface area contributed by atoms with Gasteiger partial charge in [-0.05, 0) is 22.3 Å². The molecule has 180 valence electrons. The van der Waals surface area contributed by atoms with Crippen molar-refractivity contribution < 1.29 is 9.09 Å². The summed E-state index contributed by atoms with van der Waals surface area (Å²) in [6.45, 7) is 8.40. The summed E-state index contributed by atoms with van der Waals surface area (Å²) in [4.78, 5) is 0. The van der Waals surface area contributed by atoms with E-state index < -0.39 is 8.07 Å². The lowest BCUT2D eigenvalue weighted by Gasteiger charge is -2.13. The first kappa shape index (κ1) is 24.0. The van der Waals surface area contributed by atoms with Crippen LogP contribution in [-0.4, -0.2) is 13.2 Å². The minimum Gasteiger partial charge on any atom is -0.356 e. The summed E-state index contributed by atoms with van der Waals surface area (Å²) < 4.78 is 7.97. The molecule has 0 saturated carbocycles. The zero-order valence-electron chi connectivity index (χ0n) is 21.3. The van der Waals surface area contributed by atoms with E-state index in [1.165, 1.54) is 34.7 Å². The molecule has 0 aliphatic heterocycles. The van der Waals surface area contributed by atoms with Crippen LogP contribution in [0.4, 0.5) is 0 Å². The minimum absolute atomic E-state index is 0.774. The molecule has 0 bridgehead atoms. The second kappa shape index (κ2) is 10.5. The molecule has 3 aromatic carbocycles. The molecule has 0 aliphatic carbocycles. The van der Waals surface area contributed by atoms with Gasteiger partial charge in [0.05, 0.1) is 0 Å². The highest BCUT2D eigenvalue weighted by Gasteiger charge is 2.14. The average molecular weight is 490 g/mol. The van der Waals surface area contributed by atoms with Crippen molar-refractivity contribution in [2.45, 2.75) is 38.7 Å². The Balaban J connectivity index is 1.25. The van der Waals surface area contributed by atoms with E-state index in [4.69, 9.17) is 4.52 Å². The highest BCUT2D eigenvalue weighted by Crippen LogP contribution is 2.29. The second-order valence-corrected chi connectivity index (χ2v) is 16.2. The molecule has 2 heterocycles. The summed E-state index contributed by atoms with van der Waals surface area (Å²) in [6.07, 6.45) is 5.65. The first-order valence-corrected chi connectivity index (χ1v) is 16.4. The van der Waals surface area contributed by atoms with E-state index in [0.29, 0.717) is 0 Å². The fourth-order valence-electron chi connectivity index (χ4n) is 4.43. The van der Waals surface area contributed by atoms with Gasteiger partial charge in [0.15, 0.2) is 18.2 Å². The van der Waals surface area contributed by atoms with Crippen LogP contribution in [0.3, 0.4) is 0 Å². The zero-order valence-corrected chi connectivity index (χ0v) is 22.3. The van der Waals surface area contributed by atoms with Gasteiger partial charge in [0.25, 0.3) is 0 Å². The molecule has 0 N–H and O–H groups in total. The number of benzene rings is 3. The molecule has 3 nitrogen and oxygen atoms in total. The number of hydrogen-bond acceptors (Lipinski definition) is 2. The maximum atomic E-state index is 5.68. The van der Waals surface area contributed by atoms with Gasteiger partial charge < -0.3 is 4.52 Å². The topological polar surface area (TPSA) is 29.9 Å². The van der Waals surface area contributed by atoms with Crippen molar-refractivity contribution in [3.63, 3.8) is 0 Å². The molecule has 4 heteroatoms. The molecule has 0 spiro atoms. The predicted molar refractivity (Wildman–Crippen MR) is 151 cm³/mol. The summed E-state index contributed by atoms with van der Waals surface area (Å²) in [7, 11) is -0.966. The summed E-state index contributed by atoms with van der Waals surface area (Å²) in [5.41, 5.74) is 7.73. The summed E-state index contributed by atoms with van der Waals surface area (Å²) in [5.74, 6) is 0.774. The van der Waals surface area contributed by atoms with Gasteiger partial charge in [0.2, 0.25) is 0 Å². The van der Waals surface area contributed by atoms with Crippen LogP contribution in [0.2, 0.25) is 25.7 Å². The van der Waals surface area contributed by atoms with Gasteiger partial charge in [-0.1, -0.05) is 110 Å². The van der Waals surface area contributed by atoms with Gasteiger partial charge in [0.1, 0.15) is 12.2 Å². The van der Waals surface area contributed by atoms with Crippen LogP contribution in [0.5, 0.6) is 0 Å². The maximum absolute atomic E-state index is 5.68. The number of aryl methyl sites for hydroxylation is 1. The van der Waals surface area contributed by atoms with Gasteiger partial charge in [-0.15, -0.1) is 0 Å². The average Bonchev–Trinajstić information content (AvgIpc) is 3.40. The van der Waals surface area contributed by atoms with Crippen molar-refractivity contribution >= 4 is 8.07 Å². The third kappa shape index (κ3) is 5.89. The lowest BCUT2D eigenvalue weighted by Crippen LogP contribution is -2.33. The van der Waals surface area contributed by atoms with Crippen LogP contribution in [0.15, 0.2) is 114 Å². The van der Waals surface area contributed by atoms with Gasteiger partial charge in [0, 0.05) is 43.8 Å². The Morgan fingerprint density at radius 1 is 0.639 bits per heavy atom. The Kier molecular flexibility index (Phi) is 6.96. The van der Waals surface area contributed by atoms with E-state index in [-0.39, 0.29) is 0 Å². The first-order valence-electron chi connectivity index (χ1n) is 12.7. The lowest BCUT2D eigenvalue weighted by molar-refractivity contribution is -0.696. The largest absolute Gasteiger partial charge is 0.356 e. The van der Waals surface area contributed by atoms with E-state index in [0.717, 1.165) is 29.1 Å². The first-order chi connectivity index (χ1) is 17.4. The lowest BCUT2D eigenvalue weighted by atomic mass is 10.0. The van der Waals surface area contributed by atoms with Crippen LogP contribution < -0.4 is 4.57 Å². The molecule has 0 amide bonds. The van der Waals surface area contributed by atoms with Crippen molar-refractivity contribution in [3.8, 4) is 44.8 Å². The smallest absolute Gasteiger partial charge is 0.169 e. The fraction of sp³-hybridized carbons (Fsp3) is 0.188. The summed E-state index contributed by atoms with van der Waals surface area (Å²) >= 11 is 0. The summed E-state index contributed by atoms with van der Waals surface area (Å²) in [5, 5.41) is 4.33. The molecule has 0 atom stereocenters. The van der Waals surface area contributed by atoms with Crippen LogP contribution in [0.25, 0.3) is 44.8 Å². The molecule has 0 radical (unpaired) electrons. The highest BCUT2D eigenvalue weighted by atomic mass is 28.3. The Labute approximate surface area is 215 Å². The molecule has 0 unspecified atom stereocenters. The monoisotopic (exact) mass is 489 g/mol. The number of pyridine rings is 1. The molecule has 0 aliphatic rings. The van der Waals surface area contributed by atoms with Gasteiger partial charge in [-0.2, -0.15) is 0 Å². The van der Waals surface area contributed by atoms with Crippen LogP contribution >= 0.6 is 0 Å². The number of hydrogen-bond donors (Lipinski definition) is 0. The van der Waals surface area contributed by atoms with E-state index in [2.05, 4.69) is 127 Å². The maximum Gasteiger partial charge on any atom is 0.169 e. The van der Waals surface area contributed by atoms with E-state index >= 15 is 0 Å². The van der Waals surface area contributed by atoms with E-state index in [9.17, 15) is 0 Å². The fourth-order valence-corrected chi connectivity index (χ4v) is 5.65. The molecular formula is C32H33N2OSi+. The third-order valence-corrected chi connectivity index (χ3v) is 8.39. The summed E-state index contributed by atoms with van der Waals surface area (Å²) in [6, 6.07) is 35.1. The number of aromatic nitrogens is 2. The van der Waals surface area contributed by atoms with Crippen molar-refractivity contribution in [1.29, 1.82) is 0 Å². The molecule has 5 aromatic rings. The van der Waals surface area contributed by atoms with E-state index in [1.807, 2.05) is 12.1 Å². The van der Waals surface area contributed by atoms with Crippen LogP contribution in [-0.2, 0) is 6.54 Å². The quantitative estimate of drug-likeness (QED) is 0.162. The highest BCUT2D eigenvalue weighted by molar-refractivity contribution is 6.76. The van der Waals surface area contributed by atoms with Gasteiger partial charge in [-0.3, -0.25) is 0 Å². The third-order valence-electron chi connectivity index (χ3n) is 6.53. The standard InChI is InChI=1S/C32H33N2OSi/c1-36(2,3)23-7-20-34-21-18-28(19-22-34)27-10-14-29(15-11-27)31-24-32(35-33-31)30-16-12-26(13-17-30)25-8-5-4-6-9-25/h4-6,8-19,21-22,24H,7,20,23H2,1-3H3/q+1. The zero-order chi connectivity index (χ0) is 25.0. The molecule has 0 saturated heterocycles. The Hall–Kier alpha value is -3.76. The van der Waals surface area contributed by atoms with Crippen molar-refractivity contribution in [1.82, 2.24) is 5.16 Å². The minimum atomic E-state index is -0.966. The molecule has 0 fully saturated rings. The van der Waals surface area contributed by atoms with Crippen molar-refractivity contribution in [2.24, 2.45) is 0 Å². The molecular weight excluding hydrogens is 456 g/mol. The number of nitrogens with zero attached hydrogens (tertiary/aromatic N) is 2. The van der Waals surface area contributed by atoms with Crippen molar-refractivity contribution in [2.75, 3.05) is 0 Å².